The van der Waals surface area contributed by atoms with Crippen LogP contribution in [0.1, 0.15) is 16.2 Å². The van der Waals surface area contributed by atoms with E-state index in [4.69, 9.17) is 12.2 Å². The van der Waals surface area contributed by atoms with E-state index in [9.17, 15) is 4.79 Å². The topological polar surface area (TPSA) is 71.0 Å². The molecule has 134 valence electrons. The quantitative estimate of drug-likeness (QED) is 0.478. The Morgan fingerprint density at radius 3 is 2.62 bits per heavy atom. The second kappa shape index (κ2) is 7.97. The minimum Gasteiger partial charge on any atom is -0.361 e. The third kappa shape index (κ3) is 4.18. The lowest BCUT2D eigenvalue weighted by Crippen LogP contribution is -2.36. The zero-order chi connectivity index (χ0) is 18.5. The van der Waals surface area contributed by atoms with Gasteiger partial charge >= 0.3 is 0 Å². The molecule has 0 radical (unpaired) electrons. The summed E-state index contributed by atoms with van der Waals surface area (Å²) < 4.78 is 1.68. The Morgan fingerprint density at radius 1 is 1.12 bits per heavy atom. The fourth-order valence-electron chi connectivity index (χ4n) is 2.62. The molecule has 0 aliphatic carbocycles. The van der Waals surface area contributed by atoms with Crippen molar-refractivity contribution in [1.29, 1.82) is 0 Å². The smallest absolute Gasteiger partial charge is 0.271 e. The average molecular weight is 367 g/mol. The molecule has 0 saturated heterocycles. The minimum atomic E-state index is -0.191. The summed E-state index contributed by atoms with van der Waals surface area (Å²) in [7, 11) is 1.81. The lowest BCUT2D eigenvalue weighted by Gasteiger charge is -2.12. The maximum absolute atomic E-state index is 12.0. The highest BCUT2D eigenvalue weighted by Gasteiger charge is 2.10. The van der Waals surface area contributed by atoms with Crippen LogP contribution in [0.3, 0.4) is 0 Å². The number of thiocarbonyl (C=S) groups is 1. The fraction of sp³-hybridized carbons (Fsp3) is 0.211. The Kier molecular flexibility index (Phi) is 5.48. The molecule has 0 spiro atoms. The Hall–Kier alpha value is -2.93. The molecule has 0 saturated carbocycles. The predicted molar refractivity (Wildman–Crippen MR) is 108 cm³/mol. The number of nitrogens with one attached hydrogen (secondary N) is 3. The van der Waals surface area contributed by atoms with Crippen molar-refractivity contribution in [3.05, 3.63) is 59.9 Å². The van der Waals surface area contributed by atoms with Crippen molar-refractivity contribution in [2.75, 3.05) is 18.4 Å². The van der Waals surface area contributed by atoms with Crippen molar-refractivity contribution in [1.82, 2.24) is 20.4 Å². The predicted octanol–water partition coefficient (Wildman–Crippen LogP) is 2.60. The number of amides is 1. The third-order valence-electron chi connectivity index (χ3n) is 4.08. The zero-order valence-corrected chi connectivity index (χ0v) is 15.6. The summed E-state index contributed by atoms with van der Waals surface area (Å²) in [6.07, 6.45) is 0. The number of benzene rings is 2. The van der Waals surface area contributed by atoms with Gasteiger partial charge in [-0.1, -0.05) is 36.4 Å². The van der Waals surface area contributed by atoms with Gasteiger partial charge in [-0.15, -0.1) is 0 Å². The Labute approximate surface area is 157 Å². The zero-order valence-electron chi connectivity index (χ0n) is 14.7. The van der Waals surface area contributed by atoms with Gasteiger partial charge in [-0.2, -0.15) is 5.10 Å². The van der Waals surface area contributed by atoms with Crippen LogP contribution < -0.4 is 16.0 Å². The number of nitrogens with zero attached hydrogens (tertiary/aromatic N) is 2. The lowest BCUT2D eigenvalue weighted by molar-refractivity contribution is 0.0948. The second-order valence-electron chi connectivity index (χ2n) is 5.96. The van der Waals surface area contributed by atoms with Crippen molar-refractivity contribution in [3.63, 3.8) is 0 Å². The van der Waals surface area contributed by atoms with Gasteiger partial charge in [0.25, 0.3) is 5.91 Å². The van der Waals surface area contributed by atoms with Gasteiger partial charge in [-0.3, -0.25) is 9.48 Å². The first-order chi connectivity index (χ1) is 12.5. The van der Waals surface area contributed by atoms with Crippen LogP contribution >= 0.6 is 12.2 Å². The highest BCUT2D eigenvalue weighted by Crippen LogP contribution is 2.22. The SMILES string of the molecule is Cc1cc(C(=O)NCCNC(=S)Nc2cccc3ccccc23)nn1C. The first kappa shape index (κ1) is 17.9. The highest BCUT2D eigenvalue weighted by atomic mass is 32.1. The molecular weight excluding hydrogens is 346 g/mol. The summed E-state index contributed by atoms with van der Waals surface area (Å²) in [6, 6.07) is 15.9. The van der Waals surface area contributed by atoms with Crippen molar-refractivity contribution in [2.45, 2.75) is 6.92 Å². The van der Waals surface area contributed by atoms with Crippen LogP contribution in [0.25, 0.3) is 10.8 Å². The fourth-order valence-corrected chi connectivity index (χ4v) is 2.83. The number of rotatable bonds is 5. The molecule has 3 aromatic rings. The van der Waals surface area contributed by atoms with Crippen LogP contribution in [0.5, 0.6) is 0 Å². The van der Waals surface area contributed by atoms with Crippen LogP contribution in [-0.4, -0.2) is 33.9 Å². The van der Waals surface area contributed by atoms with Gasteiger partial charge in [0.2, 0.25) is 0 Å². The summed E-state index contributed by atoms with van der Waals surface area (Å²) in [5, 5.41) is 16.1. The highest BCUT2D eigenvalue weighted by molar-refractivity contribution is 7.80. The summed E-state index contributed by atoms with van der Waals surface area (Å²) in [5.41, 5.74) is 2.31. The third-order valence-corrected chi connectivity index (χ3v) is 4.33. The number of aryl methyl sites for hydroxylation is 2. The summed E-state index contributed by atoms with van der Waals surface area (Å²) in [5.74, 6) is -0.191. The van der Waals surface area contributed by atoms with Gasteiger partial charge < -0.3 is 16.0 Å². The standard InChI is InChI=1S/C19H21N5OS/c1-13-12-17(23-24(13)2)18(25)20-10-11-21-19(26)22-16-9-5-7-14-6-3-4-8-15(14)16/h3-9,12H,10-11H2,1-2H3,(H,20,25)(H2,21,22,26). The van der Waals surface area contributed by atoms with Gasteiger partial charge in [0.15, 0.2) is 5.11 Å². The maximum atomic E-state index is 12.0. The molecule has 1 aromatic heterocycles. The molecule has 0 atom stereocenters. The summed E-state index contributed by atoms with van der Waals surface area (Å²) in [4.78, 5) is 12.0. The van der Waals surface area contributed by atoms with Gasteiger partial charge in [0.1, 0.15) is 5.69 Å². The number of fused-ring (bicyclic) bond motifs is 1. The van der Waals surface area contributed by atoms with Crippen molar-refractivity contribution < 1.29 is 4.79 Å². The second-order valence-corrected chi connectivity index (χ2v) is 6.37. The number of carbonyl (C=O) groups is 1. The molecule has 3 rings (SSSR count). The van der Waals surface area contributed by atoms with Crippen LogP contribution in [0, 0.1) is 6.92 Å². The number of carbonyl (C=O) groups excluding carboxylic acids is 1. The summed E-state index contributed by atoms with van der Waals surface area (Å²) in [6.45, 7) is 2.88. The van der Waals surface area contributed by atoms with Crippen LogP contribution in [0.2, 0.25) is 0 Å². The van der Waals surface area contributed by atoms with E-state index in [2.05, 4.69) is 39.2 Å². The van der Waals surface area contributed by atoms with Gasteiger partial charge in [-0.25, -0.2) is 0 Å². The molecule has 2 aromatic carbocycles. The Balaban J connectivity index is 1.48. The van der Waals surface area contributed by atoms with Crippen LogP contribution in [-0.2, 0) is 7.05 Å². The monoisotopic (exact) mass is 367 g/mol. The van der Waals surface area contributed by atoms with E-state index >= 15 is 0 Å². The minimum absolute atomic E-state index is 0.191. The molecule has 0 aliphatic heterocycles. The normalized spacial score (nSPS) is 10.5. The first-order valence-electron chi connectivity index (χ1n) is 8.36. The Morgan fingerprint density at radius 2 is 1.85 bits per heavy atom. The molecule has 0 fully saturated rings. The first-order valence-corrected chi connectivity index (χ1v) is 8.77. The average Bonchev–Trinajstić information content (AvgIpc) is 2.98. The molecule has 0 aliphatic rings. The van der Waals surface area contributed by atoms with Crippen molar-refractivity contribution in [3.8, 4) is 0 Å². The van der Waals surface area contributed by atoms with Crippen molar-refractivity contribution in [2.24, 2.45) is 7.05 Å². The number of anilines is 1. The van der Waals surface area contributed by atoms with E-state index in [0.29, 0.717) is 23.9 Å². The number of aromatic nitrogens is 2. The van der Waals surface area contributed by atoms with Gasteiger partial charge in [0.05, 0.1) is 0 Å². The van der Waals surface area contributed by atoms with Gasteiger partial charge in [-0.05, 0) is 36.7 Å². The Bertz CT molecular complexity index is 925. The molecule has 1 amide bonds. The van der Waals surface area contributed by atoms with Crippen LogP contribution in [0.15, 0.2) is 48.5 Å². The molecule has 1 heterocycles. The molecule has 0 bridgehead atoms. The summed E-state index contributed by atoms with van der Waals surface area (Å²) >= 11 is 5.34. The number of hydrogen-bond acceptors (Lipinski definition) is 3. The van der Waals surface area contributed by atoms with E-state index in [1.807, 2.05) is 38.2 Å². The van der Waals surface area contributed by atoms with E-state index in [0.717, 1.165) is 22.2 Å². The maximum Gasteiger partial charge on any atom is 0.271 e. The van der Waals surface area contributed by atoms with Crippen LogP contribution in [0.4, 0.5) is 5.69 Å². The van der Waals surface area contributed by atoms with Gasteiger partial charge in [0, 0.05) is 36.9 Å². The van der Waals surface area contributed by atoms with E-state index in [1.54, 1.807) is 10.7 Å². The largest absolute Gasteiger partial charge is 0.361 e. The van der Waals surface area contributed by atoms with Crippen molar-refractivity contribution >= 4 is 39.7 Å². The molecular formula is C19H21N5OS. The van der Waals surface area contributed by atoms with E-state index in [1.165, 1.54) is 0 Å². The molecule has 6 nitrogen and oxygen atoms in total. The molecule has 3 N–H and O–H groups in total. The molecule has 0 unspecified atom stereocenters. The lowest BCUT2D eigenvalue weighted by atomic mass is 10.1. The number of hydrogen-bond donors (Lipinski definition) is 3. The van der Waals surface area contributed by atoms with E-state index < -0.39 is 0 Å². The molecule has 26 heavy (non-hydrogen) atoms. The molecule has 7 heteroatoms. The van der Waals surface area contributed by atoms with E-state index in [-0.39, 0.29) is 5.91 Å².